The molecule has 3 aromatic carbocycles. The maximum Gasteiger partial charge on any atom is 0.300 e. The highest BCUT2D eigenvalue weighted by Gasteiger charge is 2.47. The molecule has 0 spiro atoms. The number of Topliss-reactive ketones (excluding diaryl/α,β-unsaturated/α-hetero) is 1. The van der Waals surface area contributed by atoms with Crippen molar-refractivity contribution in [3.05, 3.63) is 106 Å². The van der Waals surface area contributed by atoms with Gasteiger partial charge in [0, 0.05) is 16.3 Å². The molecule has 1 saturated heterocycles. The van der Waals surface area contributed by atoms with Crippen LogP contribution in [0.1, 0.15) is 22.7 Å². The maximum absolute atomic E-state index is 13.5. The molecular weight excluding hydrogens is 405 g/mol. The van der Waals surface area contributed by atoms with E-state index < -0.39 is 23.5 Å². The number of rotatable bonds is 3. The minimum absolute atomic E-state index is 0.0606. The van der Waals surface area contributed by atoms with Crippen LogP contribution in [0.2, 0.25) is 5.02 Å². The molecule has 1 heterocycles. The molecule has 4 nitrogen and oxygen atoms in total. The average Bonchev–Trinajstić information content (AvgIpc) is 3.01. The van der Waals surface area contributed by atoms with Crippen LogP contribution in [0, 0.1) is 12.7 Å². The van der Waals surface area contributed by atoms with Crippen LogP contribution in [-0.4, -0.2) is 16.8 Å². The number of hydrogen-bond acceptors (Lipinski definition) is 3. The fourth-order valence-corrected chi connectivity index (χ4v) is 3.72. The molecule has 150 valence electrons. The van der Waals surface area contributed by atoms with Crippen molar-refractivity contribution in [3.8, 4) is 0 Å². The lowest BCUT2D eigenvalue weighted by atomic mass is 9.95. The minimum atomic E-state index is -0.926. The molecular formula is C24H17ClFNO3. The number of amides is 1. The molecule has 0 radical (unpaired) electrons. The lowest BCUT2D eigenvalue weighted by molar-refractivity contribution is -0.132. The van der Waals surface area contributed by atoms with Crippen molar-refractivity contribution < 1.29 is 19.1 Å². The SMILES string of the molecule is Cc1ccc(N2C(=O)C(=O)C(=C(O)c3ccccc3)[C@@H]2c2ccc(F)cc2)cc1Cl. The molecule has 1 atom stereocenters. The number of aliphatic hydroxyl groups is 1. The van der Waals surface area contributed by atoms with Crippen molar-refractivity contribution in [2.75, 3.05) is 4.90 Å². The smallest absolute Gasteiger partial charge is 0.300 e. The minimum Gasteiger partial charge on any atom is -0.507 e. The van der Waals surface area contributed by atoms with E-state index in [9.17, 15) is 19.1 Å². The van der Waals surface area contributed by atoms with Crippen molar-refractivity contribution in [1.29, 1.82) is 0 Å². The Kier molecular flexibility index (Phi) is 5.14. The number of ketones is 1. The molecule has 1 fully saturated rings. The van der Waals surface area contributed by atoms with Gasteiger partial charge in [-0.1, -0.05) is 60.1 Å². The highest BCUT2D eigenvalue weighted by Crippen LogP contribution is 2.42. The lowest BCUT2D eigenvalue weighted by Gasteiger charge is -2.26. The summed E-state index contributed by atoms with van der Waals surface area (Å²) in [6, 6.07) is 18.1. The van der Waals surface area contributed by atoms with E-state index in [1.807, 2.05) is 6.92 Å². The topological polar surface area (TPSA) is 57.6 Å². The summed E-state index contributed by atoms with van der Waals surface area (Å²) in [4.78, 5) is 27.3. The number of aliphatic hydroxyl groups excluding tert-OH is 1. The van der Waals surface area contributed by atoms with Gasteiger partial charge in [-0.05, 0) is 42.3 Å². The van der Waals surface area contributed by atoms with Gasteiger partial charge in [-0.25, -0.2) is 4.39 Å². The highest BCUT2D eigenvalue weighted by atomic mass is 35.5. The molecule has 0 unspecified atom stereocenters. The van der Waals surface area contributed by atoms with Crippen molar-refractivity contribution in [2.24, 2.45) is 0 Å². The normalized spacial score (nSPS) is 18.1. The first kappa shape index (κ1) is 19.9. The van der Waals surface area contributed by atoms with Gasteiger partial charge in [0.05, 0.1) is 11.6 Å². The number of hydrogen-bond donors (Lipinski definition) is 1. The molecule has 1 aliphatic heterocycles. The van der Waals surface area contributed by atoms with Gasteiger partial charge in [0.15, 0.2) is 0 Å². The molecule has 0 aromatic heterocycles. The molecule has 30 heavy (non-hydrogen) atoms. The van der Waals surface area contributed by atoms with Crippen LogP contribution < -0.4 is 4.90 Å². The van der Waals surface area contributed by atoms with Crippen molar-refractivity contribution in [3.63, 3.8) is 0 Å². The Labute approximate surface area is 177 Å². The summed E-state index contributed by atoms with van der Waals surface area (Å²) >= 11 is 6.25. The van der Waals surface area contributed by atoms with E-state index in [2.05, 4.69) is 0 Å². The third-order valence-corrected chi connectivity index (χ3v) is 5.52. The summed E-state index contributed by atoms with van der Waals surface area (Å²) in [6.45, 7) is 1.83. The predicted molar refractivity (Wildman–Crippen MR) is 114 cm³/mol. The molecule has 1 amide bonds. The van der Waals surface area contributed by atoms with Gasteiger partial charge in [-0.2, -0.15) is 0 Å². The molecule has 1 N–H and O–H groups in total. The third kappa shape index (κ3) is 3.37. The summed E-state index contributed by atoms with van der Waals surface area (Å²) < 4.78 is 13.5. The second-order valence-corrected chi connectivity index (χ2v) is 7.43. The van der Waals surface area contributed by atoms with Crippen LogP contribution in [0.3, 0.4) is 0 Å². The van der Waals surface area contributed by atoms with Crippen molar-refractivity contribution in [1.82, 2.24) is 0 Å². The van der Waals surface area contributed by atoms with E-state index in [1.165, 1.54) is 29.2 Å². The molecule has 0 bridgehead atoms. The Hall–Kier alpha value is -3.44. The van der Waals surface area contributed by atoms with Crippen molar-refractivity contribution >= 4 is 34.7 Å². The fraction of sp³-hybridized carbons (Fsp3) is 0.0833. The van der Waals surface area contributed by atoms with Crippen LogP contribution >= 0.6 is 11.6 Å². The van der Waals surface area contributed by atoms with E-state index in [-0.39, 0.29) is 11.3 Å². The van der Waals surface area contributed by atoms with E-state index in [1.54, 1.807) is 48.5 Å². The standard InChI is InChI=1S/C24H17ClFNO3/c1-14-7-12-18(13-19(14)25)27-21(15-8-10-17(26)11-9-15)20(23(29)24(27)30)22(28)16-5-3-2-4-6-16/h2-13,21,28H,1H3/t21-/m0/s1. The van der Waals surface area contributed by atoms with Crippen LogP contribution in [0.5, 0.6) is 0 Å². The number of halogens is 2. The van der Waals surface area contributed by atoms with Gasteiger partial charge in [-0.15, -0.1) is 0 Å². The first-order valence-corrected chi connectivity index (χ1v) is 9.64. The van der Waals surface area contributed by atoms with E-state index in [0.29, 0.717) is 21.8 Å². The van der Waals surface area contributed by atoms with Crippen LogP contribution in [0.15, 0.2) is 78.4 Å². The number of nitrogens with zero attached hydrogens (tertiary/aromatic N) is 1. The monoisotopic (exact) mass is 421 g/mol. The summed E-state index contributed by atoms with van der Waals surface area (Å²) in [7, 11) is 0. The molecule has 0 saturated carbocycles. The number of anilines is 1. The van der Waals surface area contributed by atoms with Crippen LogP contribution in [0.25, 0.3) is 5.76 Å². The number of aryl methyl sites for hydroxylation is 1. The Morgan fingerprint density at radius 1 is 1.00 bits per heavy atom. The van der Waals surface area contributed by atoms with E-state index in [4.69, 9.17) is 11.6 Å². The Bertz CT molecular complexity index is 1170. The first-order valence-electron chi connectivity index (χ1n) is 9.26. The molecule has 1 aliphatic rings. The maximum atomic E-state index is 13.5. The Morgan fingerprint density at radius 3 is 2.30 bits per heavy atom. The van der Waals surface area contributed by atoms with Gasteiger partial charge in [0.25, 0.3) is 11.7 Å². The lowest BCUT2D eigenvalue weighted by Crippen LogP contribution is -2.29. The van der Waals surface area contributed by atoms with Gasteiger partial charge < -0.3 is 5.11 Å². The molecule has 3 aromatic rings. The second-order valence-electron chi connectivity index (χ2n) is 7.02. The Balaban J connectivity index is 1.95. The van der Waals surface area contributed by atoms with Gasteiger partial charge in [0.1, 0.15) is 11.6 Å². The van der Waals surface area contributed by atoms with Crippen LogP contribution in [-0.2, 0) is 9.59 Å². The summed E-state index contributed by atoms with van der Waals surface area (Å²) in [5.41, 5.74) is 2.07. The second kappa shape index (κ2) is 7.76. The van der Waals surface area contributed by atoms with Gasteiger partial charge >= 0.3 is 0 Å². The highest BCUT2D eigenvalue weighted by molar-refractivity contribution is 6.51. The third-order valence-electron chi connectivity index (χ3n) is 5.11. The fourth-order valence-electron chi connectivity index (χ4n) is 3.54. The van der Waals surface area contributed by atoms with Crippen LogP contribution in [0.4, 0.5) is 10.1 Å². The average molecular weight is 422 g/mol. The van der Waals surface area contributed by atoms with E-state index in [0.717, 1.165) is 5.56 Å². The molecule has 6 heteroatoms. The number of carbonyl (C=O) groups excluding carboxylic acids is 2. The van der Waals surface area contributed by atoms with Gasteiger partial charge in [-0.3, -0.25) is 14.5 Å². The first-order chi connectivity index (χ1) is 14.4. The zero-order chi connectivity index (χ0) is 21.4. The van der Waals surface area contributed by atoms with E-state index >= 15 is 0 Å². The number of benzene rings is 3. The Morgan fingerprint density at radius 2 is 1.67 bits per heavy atom. The number of carbonyl (C=O) groups is 2. The van der Waals surface area contributed by atoms with Crippen molar-refractivity contribution in [2.45, 2.75) is 13.0 Å². The zero-order valence-electron chi connectivity index (χ0n) is 16.0. The predicted octanol–water partition coefficient (Wildman–Crippen LogP) is 5.41. The largest absolute Gasteiger partial charge is 0.507 e. The molecule has 4 rings (SSSR count). The molecule has 0 aliphatic carbocycles. The summed E-state index contributed by atoms with van der Waals surface area (Å²) in [5.74, 6) is -2.34. The summed E-state index contributed by atoms with van der Waals surface area (Å²) in [5, 5.41) is 11.4. The zero-order valence-corrected chi connectivity index (χ0v) is 16.7. The van der Waals surface area contributed by atoms with Gasteiger partial charge in [0.2, 0.25) is 0 Å². The summed E-state index contributed by atoms with van der Waals surface area (Å²) in [6.07, 6.45) is 0. The quantitative estimate of drug-likeness (QED) is 0.349.